The van der Waals surface area contributed by atoms with Gasteiger partial charge >= 0.3 is 0 Å². The van der Waals surface area contributed by atoms with Crippen LogP contribution in [-0.2, 0) is 10.2 Å². The van der Waals surface area contributed by atoms with E-state index in [0.29, 0.717) is 18.1 Å². The van der Waals surface area contributed by atoms with Crippen LogP contribution in [-0.4, -0.2) is 31.1 Å². The van der Waals surface area contributed by atoms with Crippen LogP contribution in [0.4, 0.5) is 5.69 Å². The smallest absolute Gasteiger partial charge is 0.257 e. The van der Waals surface area contributed by atoms with Crippen molar-refractivity contribution in [1.29, 1.82) is 0 Å². The highest BCUT2D eigenvalue weighted by atomic mass is 16.5. The van der Waals surface area contributed by atoms with Crippen molar-refractivity contribution < 1.29 is 9.53 Å². The van der Waals surface area contributed by atoms with Crippen LogP contribution in [0.5, 0.6) is 0 Å². The fourth-order valence-corrected chi connectivity index (χ4v) is 3.05. The van der Waals surface area contributed by atoms with Gasteiger partial charge < -0.3 is 10.1 Å². The van der Waals surface area contributed by atoms with E-state index in [0.717, 1.165) is 25.1 Å². The summed E-state index contributed by atoms with van der Waals surface area (Å²) in [5.74, 6) is 0.251. The molecule has 2 N–H and O–H groups in total. The SMILES string of the molecule is CC(C)(C)c1ccc(C(=O)NC(=NCC2CCCO2)Nc2ccccc2)cc1. The minimum atomic E-state index is -0.185. The molecular formula is C23H29N3O2. The number of nitrogens with one attached hydrogen (secondary N) is 2. The molecule has 148 valence electrons. The zero-order valence-corrected chi connectivity index (χ0v) is 16.9. The number of anilines is 1. The van der Waals surface area contributed by atoms with Gasteiger partial charge in [0.2, 0.25) is 5.96 Å². The average Bonchev–Trinajstić information content (AvgIpc) is 3.20. The molecule has 0 aromatic heterocycles. The van der Waals surface area contributed by atoms with Crippen LogP contribution in [0.3, 0.4) is 0 Å². The molecule has 1 amide bonds. The molecule has 1 saturated heterocycles. The van der Waals surface area contributed by atoms with E-state index in [1.165, 1.54) is 5.56 Å². The number of guanidine groups is 1. The van der Waals surface area contributed by atoms with Gasteiger partial charge in [0.25, 0.3) is 5.91 Å². The Bertz CT molecular complexity index is 802. The Hall–Kier alpha value is -2.66. The fraction of sp³-hybridized carbons (Fsp3) is 0.391. The number of hydrogen-bond donors (Lipinski definition) is 2. The lowest BCUT2D eigenvalue weighted by atomic mass is 9.87. The Kier molecular flexibility index (Phi) is 6.47. The molecule has 5 nitrogen and oxygen atoms in total. The van der Waals surface area contributed by atoms with Gasteiger partial charge in [-0.05, 0) is 48.1 Å². The molecule has 5 heteroatoms. The van der Waals surface area contributed by atoms with Crippen molar-refractivity contribution in [2.45, 2.75) is 45.1 Å². The number of hydrogen-bond acceptors (Lipinski definition) is 3. The Morgan fingerprint density at radius 2 is 1.82 bits per heavy atom. The van der Waals surface area contributed by atoms with Gasteiger partial charge in [0.15, 0.2) is 0 Å². The Labute approximate surface area is 167 Å². The predicted molar refractivity (Wildman–Crippen MR) is 114 cm³/mol. The van der Waals surface area contributed by atoms with Gasteiger partial charge in [-0.25, -0.2) is 4.99 Å². The highest BCUT2D eigenvalue weighted by molar-refractivity contribution is 6.09. The molecule has 1 unspecified atom stereocenters. The molecule has 0 bridgehead atoms. The summed E-state index contributed by atoms with van der Waals surface area (Å²) in [7, 11) is 0. The van der Waals surface area contributed by atoms with Crippen molar-refractivity contribution in [2.75, 3.05) is 18.5 Å². The van der Waals surface area contributed by atoms with E-state index in [4.69, 9.17) is 4.74 Å². The van der Waals surface area contributed by atoms with E-state index < -0.39 is 0 Å². The summed E-state index contributed by atoms with van der Waals surface area (Å²) in [6.07, 6.45) is 2.19. The highest BCUT2D eigenvalue weighted by Gasteiger charge is 2.17. The minimum absolute atomic E-state index is 0.0533. The first kappa shape index (κ1) is 20.1. The summed E-state index contributed by atoms with van der Waals surface area (Å²) >= 11 is 0. The summed E-state index contributed by atoms with van der Waals surface area (Å²) in [4.78, 5) is 17.3. The second-order valence-corrected chi connectivity index (χ2v) is 8.10. The second kappa shape index (κ2) is 9.02. The van der Waals surface area contributed by atoms with Crippen molar-refractivity contribution >= 4 is 17.6 Å². The van der Waals surface area contributed by atoms with Crippen molar-refractivity contribution in [2.24, 2.45) is 4.99 Å². The summed E-state index contributed by atoms with van der Waals surface area (Å²) in [5.41, 5.74) is 2.72. The predicted octanol–water partition coefficient (Wildman–Crippen LogP) is 4.36. The maximum absolute atomic E-state index is 12.7. The number of nitrogens with zero attached hydrogens (tertiary/aromatic N) is 1. The third kappa shape index (κ3) is 5.67. The number of para-hydroxylation sites is 1. The van der Waals surface area contributed by atoms with E-state index in [9.17, 15) is 4.79 Å². The van der Waals surface area contributed by atoms with Gasteiger partial charge in [-0.2, -0.15) is 0 Å². The van der Waals surface area contributed by atoms with Crippen molar-refractivity contribution in [1.82, 2.24) is 5.32 Å². The lowest BCUT2D eigenvalue weighted by Gasteiger charge is -2.19. The Morgan fingerprint density at radius 3 is 2.43 bits per heavy atom. The van der Waals surface area contributed by atoms with Gasteiger partial charge in [0, 0.05) is 17.9 Å². The first-order chi connectivity index (χ1) is 13.4. The van der Waals surface area contributed by atoms with E-state index >= 15 is 0 Å². The first-order valence-corrected chi connectivity index (χ1v) is 9.82. The minimum Gasteiger partial charge on any atom is -0.376 e. The number of benzene rings is 2. The van der Waals surface area contributed by atoms with Crippen LogP contribution in [0.2, 0.25) is 0 Å². The van der Waals surface area contributed by atoms with E-state index in [1.54, 1.807) is 0 Å². The molecular weight excluding hydrogens is 350 g/mol. The van der Waals surface area contributed by atoms with Gasteiger partial charge in [-0.1, -0.05) is 51.1 Å². The van der Waals surface area contributed by atoms with Gasteiger partial charge in [0.05, 0.1) is 12.6 Å². The number of aliphatic imine (C=N–C) groups is 1. The highest BCUT2D eigenvalue weighted by Crippen LogP contribution is 2.22. The summed E-state index contributed by atoms with van der Waals surface area (Å²) < 4.78 is 5.64. The molecule has 1 heterocycles. The number of carbonyl (C=O) groups excluding carboxylic acids is 1. The van der Waals surface area contributed by atoms with Crippen molar-refractivity contribution in [3.8, 4) is 0 Å². The van der Waals surface area contributed by atoms with Crippen LogP contribution < -0.4 is 10.6 Å². The van der Waals surface area contributed by atoms with Crippen molar-refractivity contribution in [3.05, 3.63) is 65.7 Å². The fourth-order valence-electron chi connectivity index (χ4n) is 3.05. The molecule has 2 aromatic carbocycles. The van der Waals surface area contributed by atoms with E-state index in [-0.39, 0.29) is 17.4 Å². The molecule has 28 heavy (non-hydrogen) atoms. The molecule has 1 atom stereocenters. The number of ether oxygens (including phenoxy) is 1. The Morgan fingerprint density at radius 1 is 1.11 bits per heavy atom. The quantitative estimate of drug-likeness (QED) is 0.613. The molecule has 3 rings (SSSR count). The summed E-state index contributed by atoms with van der Waals surface area (Å²) in [5, 5.41) is 6.11. The molecule has 1 fully saturated rings. The molecule has 2 aromatic rings. The van der Waals surface area contributed by atoms with Gasteiger partial charge in [-0.15, -0.1) is 0 Å². The first-order valence-electron chi connectivity index (χ1n) is 9.82. The van der Waals surface area contributed by atoms with E-state index in [1.807, 2.05) is 54.6 Å². The number of rotatable bonds is 4. The van der Waals surface area contributed by atoms with Crippen LogP contribution in [0.15, 0.2) is 59.6 Å². The largest absolute Gasteiger partial charge is 0.376 e. The molecule has 0 spiro atoms. The monoisotopic (exact) mass is 379 g/mol. The zero-order valence-electron chi connectivity index (χ0n) is 16.9. The third-order valence-corrected chi connectivity index (χ3v) is 4.76. The van der Waals surface area contributed by atoms with Crippen LogP contribution in [0, 0.1) is 0 Å². The lowest BCUT2D eigenvalue weighted by molar-refractivity contribution is 0.0975. The molecule has 1 aliphatic heterocycles. The van der Waals surface area contributed by atoms with Gasteiger partial charge in [0.1, 0.15) is 0 Å². The van der Waals surface area contributed by atoms with Crippen LogP contribution in [0.1, 0.15) is 49.5 Å². The second-order valence-electron chi connectivity index (χ2n) is 8.10. The topological polar surface area (TPSA) is 62.7 Å². The van der Waals surface area contributed by atoms with E-state index in [2.05, 4.69) is 36.4 Å². The zero-order chi connectivity index (χ0) is 20.0. The molecule has 0 saturated carbocycles. The molecule has 0 aliphatic carbocycles. The van der Waals surface area contributed by atoms with Crippen molar-refractivity contribution in [3.63, 3.8) is 0 Å². The number of amides is 1. The summed E-state index contributed by atoms with van der Waals surface area (Å²) in [6, 6.07) is 17.4. The van der Waals surface area contributed by atoms with Crippen LogP contribution >= 0.6 is 0 Å². The summed E-state index contributed by atoms with van der Waals surface area (Å²) in [6.45, 7) is 7.78. The normalized spacial score (nSPS) is 17.4. The van der Waals surface area contributed by atoms with Gasteiger partial charge in [-0.3, -0.25) is 10.1 Å². The molecule has 0 radical (unpaired) electrons. The maximum Gasteiger partial charge on any atom is 0.257 e. The lowest BCUT2D eigenvalue weighted by Crippen LogP contribution is -2.36. The maximum atomic E-state index is 12.7. The molecule has 1 aliphatic rings. The van der Waals surface area contributed by atoms with Crippen LogP contribution in [0.25, 0.3) is 0 Å². The third-order valence-electron chi connectivity index (χ3n) is 4.76. The average molecular weight is 380 g/mol. The Balaban J connectivity index is 1.71. The standard InChI is InChI=1S/C23H29N3O2/c1-23(2,3)18-13-11-17(12-14-18)21(27)26-22(24-16-20-10-7-15-28-20)25-19-8-5-4-6-9-19/h4-6,8-9,11-14,20H,7,10,15-16H2,1-3H3,(H2,24,25,26,27). The number of carbonyl (C=O) groups is 1.